The van der Waals surface area contributed by atoms with Gasteiger partial charge >= 0.3 is 0 Å². The second-order valence-corrected chi connectivity index (χ2v) is 4.20. The van der Waals surface area contributed by atoms with Crippen molar-refractivity contribution in [2.45, 2.75) is 18.9 Å². The number of hydrogen-bond donors (Lipinski definition) is 2. The number of ether oxygens (including phenoxy) is 2. The van der Waals surface area contributed by atoms with Crippen LogP contribution in [0.2, 0.25) is 0 Å². The van der Waals surface area contributed by atoms with Gasteiger partial charge in [-0.2, -0.15) is 5.26 Å². The number of nitrogens with zero attached hydrogens (tertiary/aromatic N) is 1. The van der Waals surface area contributed by atoms with E-state index in [1.54, 1.807) is 7.11 Å². The van der Waals surface area contributed by atoms with Gasteiger partial charge in [-0.25, -0.2) is 0 Å². The first-order chi connectivity index (χ1) is 9.30. The Balaban J connectivity index is 2.51. The monoisotopic (exact) mass is 263 g/mol. The summed E-state index contributed by atoms with van der Waals surface area (Å²) in [5.74, 6) is 0.692. The molecule has 1 aromatic rings. The SMILES string of the molecule is COCC(CCCN)Nc1ccc(OCC#N)cc1. The number of hydrogen-bond acceptors (Lipinski definition) is 5. The summed E-state index contributed by atoms with van der Waals surface area (Å²) in [7, 11) is 1.69. The Hall–Kier alpha value is -1.77. The fraction of sp³-hybridized carbons (Fsp3) is 0.500. The molecule has 0 aliphatic rings. The maximum atomic E-state index is 8.43. The lowest BCUT2D eigenvalue weighted by atomic mass is 10.1. The molecule has 0 saturated carbocycles. The molecular weight excluding hydrogens is 242 g/mol. The lowest BCUT2D eigenvalue weighted by Crippen LogP contribution is -2.25. The average Bonchev–Trinajstić information content (AvgIpc) is 2.44. The molecule has 0 saturated heterocycles. The van der Waals surface area contributed by atoms with E-state index in [9.17, 15) is 0 Å². The number of methoxy groups -OCH3 is 1. The highest BCUT2D eigenvalue weighted by molar-refractivity contribution is 5.47. The van der Waals surface area contributed by atoms with E-state index in [-0.39, 0.29) is 12.6 Å². The van der Waals surface area contributed by atoms with Crippen LogP contribution in [0.3, 0.4) is 0 Å². The topological polar surface area (TPSA) is 80.3 Å². The van der Waals surface area contributed by atoms with Crippen LogP contribution < -0.4 is 15.8 Å². The molecule has 0 aliphatic carbocycles. The second kappa shape index (κ2) is 9.20. The molecular formula is C14H21N3O2. The molecule has 104 valence electrons. The third-order valence-corrected chi connectivity index (χ3v) is 2.65. The average molecular weight is 263 g/mol. The molecule has 19 heavy (non-hydrogen) atoms. The lowest BCUT2D eigenvalue weighted by molar-refractivity contribution is 0.182. The first-order valence-electron chi connectivity index (χ1n) is 6.35. The fourth-order valence-electron chi connectivity index (χ4n) is 1.76. The molecule has 5 heteroatoms. The Morgan fingerprint density at radius 3 is 2.68 bits per heavy atom. The van der Waals surface area contributed by atoms with Gasteiger partial charge in [0.1, 0.15) is 11.8 Å². The summed E-state index contributed by atoms with van der Waals surface area (Å²) < 4.78 is 10.4. The molecule has 0 fully saturated rings. The van der Waals surface area contributed by atoms with Crippen LogP contribution in [0.1, 0.15) is 12.8 Å². The van der Waals surface area contributed by atoms with Crippen LogP contribution in [0, 0.1) is 11.3 Å². The van der Waals surface area contributed by atoms with E-state index in [1.165, 1.54) is 0 Å². The molecule has 3 N–H and O–H groups in total. The fourth-order valence-corrected chi connectivity index (χ4v) is 1.76. The van der Waals surface area contributed by atoms with Crippen LogP contribution in [-0.4, -0.2) is 32.9 Å². The van der Waals surface area contributed by atoms with Crippen LogP contribution in [0.5, 0.6) is 5.75 Å². The van der Waals surface area contributed by atoms with Crippen LogP contribution in [0.25, 0.3) is 0 Å². The zero-order valence-corrected chi connectivity index (χ0v) is 11.3. The summed E-state index contributed by atoms with van der Waals surface area (Å²) in [6.45, 7) is 1.39. The van der Waals surface area contributed by atoms with E-state index in [4.69, 9.17) is 20.5 Å². The van der Waals surface area contributed by atoms with E-state index >= 15 is 0 Å². The van der Waals surface area contributed by atoms with E-state index in [1.807, 2.05) is 30.3 Å². The van der Waals surface area contributed by atoms with E-state index in [0.717, 1.165) is 18.5 Å². The minimum Gasteiger partial charge on any atom is -0.479 e. The van der Waals surface area contributed by atoms with Gasteiger partial charge in [-0.3, -0.25) is 0 Å². The van der Waals surface area contributed by atoms with E-state index in [0.29, 0.717) is 18.9 Å². The van der Waals surface area contributed by atoms with Crippen molar-refractivity contribution in [3.05, 3.63) is 24.3 Å². The van der Waals surface area contributed by atoms with Crippen LogP contribution in [-0.2, 0) is 4.74 Å². The highest BCUT2D eigenvalue weighted by atomic mass is 16.5. The number of anilines is 1. The zero-order chi connectivity index (χ0) is 13.9. The van der Waals surface area contributed by atoms with Gasteiger partial charge in [0.05, 0.1) is 6.61 Å². The molecule has 0 radical (unpaired) electrons. The van der Waals surface area contributed by atoms with Crippen molar-refractivity contribution in [2.75, 3.05) is 32.2 Å². The number of nitrogens with two attached hydrogens (primary N) is 1. The van der Waals surface area contributed by atoms with Crippen LogP contribution in [0.4, 0.5) is 5.69 Å². The standard InChI is InChI=1S/C14H21N3O2/c1-18-11-13(3-2-8-15)17-12-4-6-14(7-5-12)19-10-9-16/h4-7,13,17H,2-3,8,10-11,15H2,1H3. The normalized spacial score (nSPS) is 11.6. The Kier molecular flexibility index (Phi) is 7.40. The second-order valence-electron chi connectivity index (χ2n) is 4.20. The highest BCUT2D eigenvalue weighted by Crippen LogP contribution is 2.17. The van der Waals surface area contributed by atoms with E-state index < -0.39 is 0 Å². The zero-order valence-electron chi connectivity index (χ0n) is 11.3. The van der Waals surface area contributed by atoms with Gasteiger partial charge in [-0.05, 0) is 43.7 Å². The number of nitriles is 1. The first kappa shape index (κ1) is 15.3. The van der Waals surface area contributed by atoms with Crippen LogP contribution >= 0.6 is 0 Å². The quantitative estimate of drug-likeness (QED) is 0.709. The number of nitrogens with one attached hydrogen (secondary N) is 1. The van der Waals surface area contributed by atoms with Crippen molar-refractivity contribution in [1.29, 1.82) is 5.26 Å². The maximum absolute atomic E-state index is 8.43. The molecule has 0 bridgehead atoms. The molecule has 1 atom stereocenters. The van der Waals surface area contributed by atoms with Gasteiger partial charge < -0.3 is 20.5 Å². The smallest absolute Gasteiger partial charge is 0.174 e. The van der Waals surface area contributed by atoms with Gasteiger partial charge in [0.25, 0.3) is 0 Å². The van der Waals surface area contributed by atoms with Crippen molar-refractivity contribution in [3.63, 3.8) is 0 Å². The van der Waals surface area contributed by atoms with Crippen molar-refractivity contribution in [2.24, 2.45) is 5.73 Å². The van der Waals surface area contributed by atoms with Crippen molar-refractivity contribution in [3.8, 4) is 11.8 Å². The summed E-state index contributed by atoms with van der Waals surface area (Å²) in [4.78, 5) is 0. The molecule has 5 nitrogen and oxygen atoms in total. The molecule has 0 spiro atoms. The minimum absolute atomic E-state index is 0.0651. The molecule has 0 amide bonds. The van der Waals surface area contributed by atoms with Gasteiger partial charge in [-0.1, -0.05) is 0 Å². The van der Waals surface area contributed by atoms with Gasteiger partial charge in [0.2, 0.25) is 0 Å². The summed E-state index contributed by atoms with van der Waals surface area (Å²) in [5.41, 5.74) is 6.52. The third-order valence-electron chi connectivity index (χ3n) is 2.65. The Bertz CT molecular complexity index is 387. The summed E-state index contributed by atoms with van der Waals surface area (Å²) in [5, 5.41) is 11.8. The Morgan fingerprint density at radius 2 is 2.11 bits per heavy atom. The highest BCUT2D eigenvalue weighted by Gasteiger charge is 2.07. The first-order valence-corrected chi connectivity index (χ1v) is 6.35. The molecule has 1 unspecified atom stereocenters. The third kappa shape index (κ3) is 6.09. The summed E-state index contributed by atoms with van der Waals surface area (Å²) in [6, 6.07) is 9.72. The Morgan fingerprint density at radius 1 is 1.37 bits per heavy atom. The van der Waals surface area contributed by atoms with Gasteiger partial charge in [0, 0.05) is 18.8 Å². The largest absolute Gasteiger partial charge is 0.479 e. The Labute approximate surface area is 114 Å². The van der Waals surface area contributed by atoms with Gasteiger partial charge in [-0.15, -0.1) is 0 Å². The summed E-state index contributed by atoms with van der Waals surface area (Å²) in [6.07, 6.45) is 1.93. The number of benzene rings is 1. The van der Waals surface area contributed by atoms with Gasteiger partial charge in [0.15, 0.2) is 6.61 Å². The molecule has 1 aromatic carbocycles. The molecule has 1 rings (SSSR count). The van der Waals surface area contributed by atoms with E-state index in [2.05, 4.69) is 5.32 Å². The maximum Gasteiger partial charge on any atom is 0.174 e. The predicted octanol–water partition coefficient (Wildman–Crippen LogP) is 1.75. The minimum atomic E-state index is 0.0651. The van der Waals surface area contributed by atoms with Crippen LogP contribution in [0.15, 0.2) is 24.3 Å². The predicted molar refractivity (Wildman–Crippen MR) is 75.1 cm³/mol. The lowest BCUT2D eigenvalue weighted by Gasteiger charge is -2.19. The molecule has 0 heterocycles. The molecule has 0 aromatic heterocycles. The van der Waals surface area contributed by atoms with Crippen molar-refractivity contribution < 1.29 is 9.47 Å². The molecule has 0 aliphatic heterocycles. The van der Waals surface area contributed by atoms with Crippen molar-refractivity contribution >= 4 is 5.69 Å². The summed E-state index contributed by atoms with van der Waals surface area (Å²) >= 11 is 0. The van der Waals surface area contributed by atoms with Crippen molar-refractivity contribution in [1.82, 2.24) is 0 Å². The number of rotatable bonds is 9.